The molecule has 10 heteroatoms. The van der Waals surface area contributed by atoms with Crippen LogP contribution in [0.15, 0.2) is 54.9 Å². The van der Waals surface area contributed by atoms with E-state index in [1.807, 2.05) is 57.2 Å². The molecule has 0 aliphatic rings. The molecule has 0 saturated heterocycles. The summed E-state index contributed by atoms with van der Waals surface area (Å²) in [7, 11) is 1.63. The molecule has 0 spiro atoms. The minimum absolute atomic E-state index is 0.0404. The second kappa shape index (κ2) is 10.8. The molecule has 1 atom stereocenters. The van der Waals surface area contributed by atoms with E-state index in [4.69, 9.17) is 9.47 Å². The molecule has 2 heterocycles. The third-order valence-corrected chi connectivity index (χ3v) is 5.33. The van der Waals surface area contributed by atoms with Crippen molar-refractivity contribution in [2.45, 2.75) is 33.2 Å². The van der Waals surface area contributed by atoms with Crippen molar-refractivity contribution in [3.8, 4) is 22.6 Å². The van der Waals surface area contributed by atoms with Crippen LogP contribution >= 0.6 is 0 Å². The predicted octanol–water partition coefficient (Wildman–Crippen LogP) is 3.77. The van der Waals surface area contributed by atoms with E-state index in [2.05, 4.69) is 30.8 Å². The van der Waals surface area contributed by atoms with Gasteiger partial charge in [-0.3, -0.25) is 9.97 Å². The number of rotatable bonds is 8. The average Bonchev–Trinajstić information content (AvgIpc) is 3.34. The molecule has 0 saturated carbocycles. The van der Waals surface area contributed by atoms with Gasteiger partial charge in [0.25, 0.3) is 0 Å². The number of hydrogen-bond acceptors (Lipinski definition) is 8. The molecule has 1 amide bonds. The maximum absolute atomic E-state index is 12.6. The molecular formula is C25H27N7O3. The van der Waals surface area contributed by atoms with Gasteiger partial charge in [0, 0.05) is 25.3 Å². The van der Waals surface area contributed by atoms with Gasteiger partial charge in [-0.25, -0.2) is 4.79 Å². The van der Waals surface area contributed by atoms with E-state index in [0.29, 0.717) is 29.6 Å². The third-order valence-electron chi connectivity index (χ3n) is 5.33. The molecular weight excluding hydrogens is 446 g/mol. The fourth-order valence-corrected chi connectivity index (χ4v) is 3.50. The van der Waals surface area contributed by atoms with Gasteiger partial charge in [-0.15, -0.1) is 5.10 Å². The summed E-state index contributed by atoms with van der Waals surface area (Å²) in [5, 5.41) is 14.9. The van der Waals surface area contributed by atoms with Gasteiger partial charge in [-0.2, -0.15) is 4.68 Å². The summed E-state index contributed by atoms with van der Waals surface area (Å²) in [6.45, 7) is 6.52. The van der Waals surface area contributed by atoms with Gasteiger partial charge < -0.3 is 14.8 Å². The molecule has 1 N–H and O–H groups in total. The van der Waals surface area contributed by atoms with Crippen molar-refractivity contribution in [1.82, 2.24) is 35.5 Å². The summed E-state index contributed by atoms with van der Waals surface area (Å²) in [5.74, 6) is 0.953. The zero-order valence-corrected chi connectivity index (χ0v) is 20.1. The van der Waals surface area contributed by atoms with Gasteiger partial charge in [-0.05, 0) is 47.5 Å². The van der Waals surface area contributed by atoms with Crippen molar-refractivity contribution in [2.75, 3.05) is 13.7 Å². The van der Waals surface area contributed by atoms with Crippen LogP contribution in [-0.2, 0) is 11.3 Å². The number of methoxy groups -OCH3 is 1. The zero-order chi connectivity index (χ0) is 24.8. The first kappa shape index (κ1) is 24.0. The SMILES string of the molecule is COC[C@H](C)c1nnnn1-c1cc(OC(=O)NCc2cnc(C)cn2)cc(-c2ccc(C)cc2)c1. The van der Waals surface area contributed by atoms with Gasteiger partial charge >= 0.3 is 6.09 Å². The first-order valence-corrected chi connectivity index (χ1v) is 11.2. The van der Waals surface area contributed by atoms with E-state index in [1.54, 1.807) is 30.3 Å². The molecule has 0 bridgehead atoms. The first-order valence-electron chi connectivity index (χ1n) is 11.2. The number of ether oxygens (including phenoxy) is 2. The largest absolute Gasteiger partial charge is 0.412 e. The van der Waals surface area contributed by atoms with E-state index in [1.165, 1.54) is 0 Å². The lowest BCUT2D eigenvalue weighted by Crippen LogP contribution is -2.26. The Kier molecular flexibility index (Phi) is 7.41. The van der Waals surface area contributed by atoms with Crippen molar-refractivity contribution >= 4 is 6.09 Å². The van der Waals surface area contributed by atoms with Crippen LogP contribution in [0.1, 0.15) is 35.6 Å². The highest BCUT2D eigenvalue weighted by Gasteiger charge is 2.18. The summed E-state index contributed by atoms with van der Waals surface area (Å²) in [6, 6.07) is 13.6. The Bertz CT molecular complexity index is 1290. The van der Waals surface area contributed by atoms with E-state index < -0.39 is 6.09 Å². The fourth-order valence-electron chi connectivity index (χ4n) is 3.50. The molecule has 10 nitrogen and oxygen atoms in total. The van der Waals surface area contributed by atoms with Crippen molar-refractivity contribution in [1.29, 1.82) is 0 Å². The van der Waals surface area contributed by atoms with Crippen LogP contribution in [0.3, 0.4) is 0 Å². The van der Waals surface area contributed by atoms with Crippen LogP contribution in [0.25, 0.3) is 16.8 Å². The number of benzene rings is 2. The molecule has 0 unspecified atom stereocenters. The van der Waals surface area contributed by atoms with Gasteiger partial charge in [0.1, 0.15) is 5.75 Å². The molecule has 0 radical (unpaired) electrons. The van der Waals surface area contributed by atoms with Crippen molar-refractivity contribution in [3.05, 3.63) is 77.6 Å². The number of carbonyl (C=O) groups is 1. The van der Waals surface area contributed by atoms with Crippen LogP contribution in [0, 0.1) is 13.8 Å². The Morgan fingerprint density at radius 3 is 2.57 bits per heavy atom. The number of hydrogen-bond donors (Lipinski definition) is 1. The highest BCUT2D eigenvalue weighted by atomic mass is 16.6. The van der Waals surface area contributed by atoms with E-state index >= 15 is 0 Å². The minimum Gasteiger partial charge on any atom is -0.410 e. The summed E-state index contributed by atoms with van der Waals surface area (Å²) in [5.41, 5.74) is 5.08. The maximum Gasteiger partial charge on any atom is 0.412 e. The zero-order valence-electron chi connectivity index (χ0n) is 20.1. The van der Waals surface area contributed by atoms with Gasteiger partial charge in [-0.1, -0.05) is 36.8 Å². The number of nitrogens with one attached hydrogen (secondary N) is 1. The minimum atomic E-state index is -0.607. The van der Waals surface area contributed by atoms with E-state index in [-0.39, 0.29) is 12.5 Å². The summed E-state index contributed by atoms with van der Waals surface area (Å²) in [6.07, 6.45) is 2.66. The summed E-state index contributed by atoms with van der Waals surface area (Å²) in [4.78, 5) is 21.0. The number of aryl methyl sites for hydroxylation is 2. The maximum atomic E-state index is 12.6. The van der Waals surface area contributed by atoms with Gasteiger partial charge in [0.05, 0.1) is 36.4 Å². The Morgan fingerprint density at radius 1 is 1.06 bits per heavy atom. The third kappa shape index (κ3) is 6.04. The molecule has 180 valence electrons. The number of carbonyl (C=O) groups excluding carboxylic acids is 1. The molecule has 35 heavy (non-hydrogen) atoms. The lowest BCUT2D eigenvalue weighted by Gasteiger charge is -2.14. The summed E-state index contributed by atoms with van der Waals surface area (Å²) < 4.78 is 12.5. The van der Waals surface area contributed by atoms with Crippen LogP contribution < -0.4 is 10.1 Å². The number of tetrazole rings is 1. The first-order chi connectivity index (χ1) is 16.9. The number of amides is 1. The highest BCUT2D eigenvalue weighted by Crippen LogP contribution is 2.29. The monoisotopic (exact) mass is 473 g/mol. The second-order valence-electron chi connectivity index (χ2n) is 8.28. The van der Waals surface area contributed by atoms with Crippen LogP contribution in [0.2, 0.25) is 0 Å². The second-order valence-corrected chi connectivity index (χ2v) is 8.28. The Morgan fingerprint density at radius 2 is 1.86 bits per heavy atom. The van der Waals surface area contributed by atoms with Gasteiger partial charge in [0.15, 0.2) is 5.82 Å². The van der Waals surface area contributed by atoms with Crippen molar-refractivity contribution in [2.24, 2.45) is 0 Å². The lowest BCUT2D eigenvalue weighted by atomic mass is 10.0. The smallest absolute Gasteiger partial charge is 0.410 e. The number of aromatic nitrogens is 6. The van der Waals surface area contributed by atoms with Crippen molar-refractivity contribution in [3.63, 3.8) is 0 Å². The molecule has 4 aromatic rings. The average molecular weight is 474 g/mol. The van der Waals surface area contributed by atoms with Crippen LogP contribution in [-0.4, -0.2) is 50.0 Å². The lowest BCUT2D eigenvalue weighted by molar-refractivity contribution is 0.181. The number of nitrogens with zero attached hydrogens (tertiary/aromatic N) is 6. The standard InChI is InChI=1S/C25H27N7O3/c1-16-5-7-19(8-6-16)20-9-22(32-24(29-30-31-32)17(2)15-34-4)11-23(10-20)35-25(33)28-14-21-13-26-18(3)12-27-21/h5-13,17H,14-15H2,1-4H3,(H,28,33)/t17-/m0/s1. The van der Waals surface area contributed by atoms with Gasteiger partial charge in [0.2, 0.25) is 0 Å². The molecule has 0 fully saturated rings. The molecule has 0 aliphatic carbocycles. The molecule has 2 aromatic carbocycles. The van der Waals surface area contributed by atoms with Crippen molar-refractivity contribution < 1.29 is 14.3 Å². The van der Waals surface area contributed by atoms with Crippen LogP contribution in [0.5, 0.6) is 5.75 Å². The Balaban J connectivity index is 1.63. The quantitative estimate of drug-likeness (QED) is 0.411. The fraction of sp³-hybridized carbons (Fsp3) is 0.280. The van der Waals surface area contributed by atoms with E-state index in [9.17, 15) is 4.79 Å². The van der Waals surface area contributed by atoms with E-state index in [0.717, 1.165) is 22.4 Å². The molecule has 2 aromatic heterocycles. The Hall–Kier alpha value is -4.18. The van der Waals surface area contributed by atoms with Crippen LogP contribution in [0.4, 0.5) is 4.79 Å². The topological polar surface area (TPSA) is 117 Å². The summed E-state index contributed by atoms with van der Waals surface area (Å²) >= 11 is 0. The Labute approximate surface area is 203 Å². The normalized spacial score (nSPS) is 11.8. The predicted molar refractivity (Wildman–Crippen MR) is 129 cm³/mol. The molecule has 4 rings (SSSR count). The highest BCUT2D eigenvalue weighted by molar-refractivity contribution is 5.73. The molecule has 0 aliphatic heterocycles.